The third-order valence-corrected chi connectivity index (χ3v) is 3.68. The van der Waals surface area contributed by atoms with Crippen LogP contribution in [0.5, 0.6) is 0 Å². The summed E-state index contributed by atoms with van der Waals surface area (Å²) in [7, 11) is 0. The molecule has 1 aromatic rings. The number of hydrogen-bond donors (Lipinski definition) is 1. The number of urea groups is 1. The van der Waals surface area contributed by atoms with Gasteiger partial charge in [-0.25, -0.2) is 9.69 Å². The SMILES string of the molecule is O=C1CC(C2CC2)NC(=O)N1c1ccc(Cl)cc1. The molecule has 5 heteroatoms. The Labute approximate surface area is 110 Å². The van der Waals surface area contributed by atoms with Crippen LogP contribution in [0.4, 0.5) is 10.5 Å². The lowest BCUT2D eigenvalue weighted by atomic mass is 10.1. The topological polar surface area (TPSA) is 49.4 Å². The number of carbonyl (C=O) groups excluding carboxylic acids is 2. The van der Waals surface area contributed by atoms with Gasteiger partial charge in [-0.05, 0) is 43.0 Å². The van der Waals surface area contributed by atoms with Crippen molar-refractivity contribution in [2.45, 2.75) is 25.3 Å². The molecule has 0 radical (unpaired) electrons. The van der Waals surface area contributed by atoms with Crippen LogP contribution in [-0.2, 0) is 4.79 Å². The van der Waals surface area contributed by atoms with Crippen LogP contribution in [0.25, 0.3) is 0 Å². The van der Waals surface area contributed by atoms with Gasteiger partial charge in [0.05, 0.1) is 5.69 Å². The van der Waals surface area contributed by atoms with Crippen LogP contribution in [0.2, 0.25) is 5.02 Å². The quantitative estimate of drug-likeness (QED) is 0.892. The van der Waals surface area contributed by atoms with E-state index in [9.17, 15) is 9.59 Å². The number of rotatable bonds is 2. The molecular formula is C13H13ClN2O2. The molecule has 3 rings (SSSR count). The highest BCUT2D eigenvalue weighted by atomic mass is 35.5. The molecule has 1 aliphatic carbocycles. The Morgan fingerprint density at radius 2 is 1.83 bits per heavy atom. The fourth-order valence-electron chi connectivity index (χ4n) is 2.30. The zero-order valence-electron chi connectivity index (χ0n) is 9.73. The molecule has 94 valence electrons. The smallest absolute Gasteiger partial charge is 0.328 e. The molecule has 2 aliphatic rings. The summed E-state index contributed by atoms with van der Waals surface area (Å²) in [5.41, 5.74) is 0.566. The maximum absolute atomic E-state index is 12.1. The molecule has 1 saturated heterocycles. The van der Waals surface area contributed by atoms with Gasteiger partial charge in [0.15, 0.2) is 0 Å². The molecule has 1 heterocycles. The summed E-state index contributed by atoms with van der Waals surface area (Å²) in [5.74, 6) is 0.350. The Bertz CT molecular complexity index is 478. The van der Waals surface area contributed by atoms with E-state index < -0.39 is 0 Å². The van der Waals surface area contributed by atoms with Crippen molar-refractivity contribution in [2.24, 2.45) is 5.92 Å². The second-order valence-electron chi connectivity index (χ2n) is 4.80. The van der Waals surface area contributed by atoms with Crippen molar-refractivity contribution in [3.8, 4) is 0 Å². The molecule has 1 atom stereocenters. The van der Waals surface area contributed by atoms with Crippen molar-refractivity contribution in [1.82, 2.24) is 5.32 Å². The van der Waals surface area contributed by atoms with Gasteiger partial charge >= 0.3 is 6.03 Å². The van der Waals surface area contributed by atoms with Crippen molar-refractivity contribution in [3.05, 3.63) is 29.3 Å². The standard InChI is InChI=1S/C13H13ClN2O2/c14-9-3-5-10(6-4-9)16-12(17)7-11(8-1-2-8)15-13(16)18/h3-6,8,11H,1-2,7H2,(H,15,18). The number of nitrogens with zero attached hydrogens (tertiary/aromatic N) is 1. The van der Waals surface area contributed by atoms with Gasteiger partial charge in [0.1, 0.15) is 0 Å². The largest absolute Gasteiger partial charge is 0.334 e. The van der Waals surface area contributed by atoms with Gasteiger partial charge in [0.2, 0.25) is 5.91 Å². The summed E-state index contributed by atoms with van der Waals surface area (Å²) < 4.78 is 0. The Morgan fingerprint density at radius 1 is 1.17 bits per heavy atom. The van der Waals surface area contributed by atoms with Crippen LogP contribution in [0, 0.1) is 5.92 Å². The molecule has 0 bridgehead atoms. The number of amides is 3. The van der Waals surface area contributed by atoms with Crippen molar-refractivity contribution < 1.29 is 9.59 Å². The first kappa shape index (κ1) is 11.5. The number of hydrogen-bond acceptors (Lipinski definition) is 2. The van der Waals surface area contributed by atoms with Crippen LogP contribution >= 0.6 is 11.6 Å². The molecule has 1 aliphatic heterocycles. The molecule has 3 amide bonds. The van der Waals surface area contributed by atoms with E-state index in [0.717, 1.165) is 12.8 Å². The Morgan fingerprint density at radius 3 is 2.39 bits per heavy atom. The van der Waals surface area contributed by atoms with Crippen LogP contribution < -0.4 is 10.2 Å². The summed E-state index contributed by atoms with van der Waals surface area (Å²) in [6, 6.07) is 6.39. The fraction of sp³-hybridized carbons (Fsp3) is 0.385. The number of imide groups is 1. The molecule has 2 fully saturated rings. The van der Waals surface area contributed by atoms with E-state index in [1.165, 1.54) is 4.90 Å². The number of nitrogens with one attached hydrogen (secondary N) is 1. The maximum atomic E-state index is 12.1. The van der Waals surface area contributed by atoms with Gasteiger partial charge in [0.25, 0.3) is 0 Å². The Hall–Kier alpha value is -1.55. The maximum Gasteiger partial charge on any atom is 0.328 e. The number of anilines is 1. The number of halogens is 1. The molecule has 1 N–H and O–H groups in total. The lowest BCUT2D eigenvalue weighted by molar-refractivity contribution is -0.119. The number of benzene rings is 1. The average molecular weight is 265 g/mol. The van der Waals surface area contributed by atoms with Gasteiger partial charge in [-0.1, -0.05) is 11.6 Å². The summed E-state index contributed by atoms with van der Waals surface area (Å²) in [4.78, 5) is 25.2. The normalized spacial score (nSPS) is 24.1. The third kappa shape index (κ3) is 2.08. The molecule has 1 unspecified atom stereocenters. The van der Waals surface area contributed by atoms with Crippen LogP contribution in [0.1, 0.15) is 19.3 Å². The summed E-state index contributed by atoms with van der Waals surface area (Å²) in [5, 5.41) is 3.49. The fourth-order valence-corrected chi connectivity index (χ4v) is 2.43. The predicted octanol–water partition coefficient (Wildman–Crippen LogP) is 2.56. The van der Waals surface area contributed by atoms with E-state index in [-0.39, 0.29) is 18.0 Å². The van der Waals surface area contributed by atoms with Crippen LogP contribution in [0.15, 0.2) is 24.3 Å². The lowest BCUT2D eigenvalue weighted by Crippen LogP contribution is -2.55. The molecule has 4 nitrogen and oxygen atoms in total. The van der Waals surface area contributed by atoms with Gasteiger partial charge in [-0.3, -0.25) is 4.79 Å². The minimum atomic E-state index is -0.328. The van der Waals surface area contributed by atoms with Gasteiger partial charge in [-0.15, -0.1) is 0 Å². The molecule has 1 saturated carbocycles. The van der Waals surface area contributed by atoms with Gasteiger partial charge in [0, 0.05) is 17.5 Å². The van der Waals surface area contributed by atoms with Crippen molar-refractivity contribution in [3.63, 3.8) is 0 Å². The zero-order valence-corrected chi connectivity index (χ0v) is 10.5. The van der Waals surface area contributed by atoms with Crippen LogP contribution in [-0.4, -0.2) is 18.0 Å². The third-order valence-electron chi connectivity index (χ3n) is 3.43. The molecule has 0 aromatic heterocycles. The first-order valence-electron chi connectivity index (χ1n) is 6.04. The van der Waals surface area contributed by atoms with Crippen molar-refractivity contribution in [1.29, 1.82) is 0 Å². The van der Waals surface area contributed by atoms with E-state index in [2.05, 4.69) is 5.32 Å². The first-order chi connectivity index (χ1) is 8.65. The first-order valence-corrected chi connectivity index (χ1v) is 6.42. The highest BCUT2D eigenvalue weighted by Crippen LogP contribution is 2.36. The Kier molecular flexibility index (Phi) is 2.74. The minimum absolute atomic E-state index is 0.0218. The highest BCUT2D eigenvalue weighted by molar-refractivity contribution is 6.30. The zero-order chi connectivity index (χ0) is 12.7. The van der Waals surface area contributed by atoms with Crippen molar-refractivity contribution >= 4 is 29.2 Å². The summed E-state index contributed by atoms with van der Waals surface area (Å²) >= 11 is 5.79. The van der Waals surface area contributed by atoms with E-state index in [1.54, 1.807) is 24.3 Å². The minimum Gasteiger partial charge on any atom is -0.334 e. The monoisotopic (exact) mass is 264 g/mol. The highest BCUT2D eigenvalue weighted by Gasteiger charge is 2.40. The molecule has 1 aromatic carbocycles. The van der Waals surface area contributed by atoms with E-state index >= 15 is 0 Å². The van der Waals surface area contributed by atoms with Crippen LogP contribution in [0.3, 0.4) is 0 Å². The van der Waals surface area contributed by atoms with Crippen molar-refractivity contribution in [2.75, 3.05) is 4.90 Å². The average Bonchev–Trinajstić information content (AvgIpc) is 3.14. The lowest BCUT2D eigenvalue weighted by Gasteiger charge is -2.31. The van der Waals surface area contributed by atoms with E-state index in [4.69, 9.17) is 11.6 Å². The molecular weight excluding hydrogens is 252 g/mol. The Balaban J connectivity index is 1.82. The summed E-state index contributed by atoms with van der Waals surface area (Å²) in [6.45, 7) is 0. The second-order valence-corrected chi connectivity index (χ2v) is 5.24. The second kappa shape index (κ2) is 4.28. The molecule has 18 heavy (non-hydrogen) atoms. The molecule has 0 spiro atoms. The number of carbonyl (C=O) groups is 2. The summed E-state index contributed by atoms with van der Waals surface area (Å²) in [6.07, 6.45) is 2.61. The van der Waals surface area contributed by atoms with Gasteiger partial charge in [-0.2, -0.15) is 0 Å². The van der Waals surface area contributed by atoms with E-state index in [0.29, 0.717) is 23.0 Å². The predicted molar refractivity (Wildman–Crippen MR) is 68.6 cm³/mol. The van der Waals surface area contributed by atoms with Gasteiger partial charge < -0.3 is 5.32 Å². The van der Waals surface area contributed by atoms with E-state index in [1.807, 2.05) is 0 Å².